The number of halogens is 1. The summed E-state index contributed by atoms with van der Waals surface area (Å²) in [5.74, 6) is 0.715. The highest BCUT2D eigenvalue weighted by Gasteiger charge is 2.18. The Labute approximate surface area is 196 Å². The fraction of sp³-hybridized carbons (Fsp3) is 0.160. The molecule has 8 heteroatoms. The van der Waals surface area contributed by atoms with Crippen molar-refractivity contribution in [2.24, 2.45) is 0 Å². The maximum absolute atomic E-state index is 13.2. The second kappa shape index (κ2) is 10.2. The largest absolute Gasteiger partial charge is 0.494 e. The molecular formula is C25H23ClN4O3. The van der Waals surface area contributed by atoms with E-state index in [-0.39, 0.29) is 24.7 Å². The maximum Gasteiger partial charge on any atom is 0.322 e. The number of para-hydroxylation sites is 1. The number of carbonyl (C=O) groups is 1. The number of anilines is 1. The lowest BCUT2D eigenvalue weighted by molar-refractivity contribution is 0.206. The van der Waals surface area contributed by atoms with E-state index in [4.69, 9.17) is 16.3 Å². The number of H-pyrrole nitrogens is 1. The Hall–Kier alpha value is -3.84. The molecule has 7 nitrogen and oxygen atoms in total. The highest BCUT2D eigenvalue weighted by Crippen LogP contribution is 2.23. The first-order chi connectivity index (χ1) is 16.0. The van der Waals surface area contributed by atoms with Crippen molar-refractivity contribution in [3.8, 4) is 5.75 Å². The summed E-state index contributed by atoms with van der Waals surface area (Å²) in [5, 5.41) is 4.09. The molecule has 0 radical (unpaired) electrons. The predicted octanol–water partition coefficient (Wildman–Crippen LogP) is 5.21. The number of amides is 2. The van der Waals surface area contributed by atoms with Crippen LogP contribution in [0.4, 0.5) is 10.5 Å². The van der Waals surface area contributed by atoms with Gasteiger partial charge in [0.15, 0.2) is 0 Å². The molecule has 0 fully saturated rings. The molecule has 168 valence electrons. The molecule has 2 amide bonds. The van der Waals surface area contributed by atoms with Gasteiger partial charge in [0.2, 0.25) is 0 Å². The number of hydrogen-bond acceptors (Lipinski definition) is 4. The van der Waals surface area contributed by atoms with E-state index in [1.165, 1.54) is 0 Å². The standard InChI is InChI=1S/C25H23ClN4O3/c1-2-33-20-9-10-22-18(13-20)12-19(24(31)28-22)16-30(15-17-6-5-11-27-14-17)25(32)29-23-8-4-3-7-21(23)26/h3-14H,2,15-16H2,1H3,(H,28,31)(H,29,32). The molecule has 0 saturated carbocycles. The summed E-state index contributed by atoms with van der Waals surface area (Å²) in [4.78, 5) is 34.5. The molecule has 2 heterocycles. The molecule has 2 aromatic heterocycles. The number of nitrogens with zero attached hydrogens (tertiary/aromatic N) is 2. The van der Waals surface area contributed by atoms with E-state index in [0.29, 0.717) is 34.1 Å². The van der Waals surface area contributed by atoms with Crippen LogP contribution in [0, 0.1) is 0 Å². The third kappa shape index (κ3) is 5.51. The average Bonchev–Trinajstić information content (AvgIpc) is 2.81. The third-order valence-corrected chi connectivity index (χ3v) is 5.39. The van der Waals surface area contributed by atoms with E-state index in [2.05, 4.69) is 15.3 Å². The van der Waals surface area contributed by atoms with Crippen LogP contribution in [0.2, 0.25) is 5.02 Å². The summed E-state index contributed by atoms with van der Waals surface area (Å²) in [6.07, 6.45) is 3.36. The van der Waals surface area contributed by atoms with E-state index in [9.17, 15) is 9.59 Å². The Morgan fingerprint density at radius 3 is 2.73 bits per heavy atom. The van der Waals surface area contributed by atoms with Crippen molar-refractivity contribution in [3.63, 3.8) is 0 Å². The molecular weight excluding hydrogens is 440 g/mol. The number of aromatic nitrogens is 2. The summed E-state index contributed by atoms with van der Waals surface area (Å²) in [6, 6.07) is 17.6. The summed E-state index contributed by atoms with van der Waals surface area (Å²) in [6.45, 7) is 2.81. The quantitative estimate of drug-likeness (QED) is 0.394. The van der Waals surface area contributed by atoms with Crippen LogP contribution in [0.5, 0.6) is 5.75 Å². The van der Waals surface area contributed by atoms with E-state index in [0.717, 1.165) is 10.9 Å². The van der Waals surface area contributed by atoms with Gasteiger partial charge < -0.3 is 19.9 Å². The summed E-state index contributed by atoms with van der Waals surface area (Å²) in [5.41, 5.74) is 2.23. The van der Waals surface area contributed by atoms with Crippen LogP contribution in [0.25, 0.3) is 10.9 Å². The molecule has 0 spiro atoms. The number of pyridine rings is 2. The summed E-state index contributed by atoms with van der Waals surface area (Å²) >= 11 is 6.21. The van der Waals surface area contributed by atoms with Crippen LogP contribution in [0.1, 0.15) is 18.1 Å². The van der Waals surface area contributed by atoms with Crippen molar-refractivity contribution >= 4 is 34.2 Å². The Morgan fingerprint density at radius 2 is 1.97 bits per heavy atom. The molecule has 0 saturated heterocycles. The predicted molar refractivity (Wildman–Crippen MR) is 130 cm³/mol. The number of nitrogens with one attached hydrogen (secondary N) is 2. The zero-order valence-electron chi connectivity index (χ0n) is 18.0. The Bertz CT molecular complexity index is 1320. The number of hydrogen-bond donors (Lipinski definition) is 2. The van der Waals surface area contributed by atoms with Crippen LogP contribution < -0.4 is 15.6 Å². The van der Waals surface area contributed by atoms with Gasteiger partial charge in [0.05, 0.1) is 23.9 Å². The number of urea groups is 1. The highest BCUT2D eigenvalue weighted by atomic mass is 35.5. The van der Waals surface area contributed by atoms with Gasteiger partial charge >= 0.3 is 6.03 Å². The molecule has 2 aromatic carbocycles. The zero-order chi connectivity index (χ0) is 23.2. The molecule has 2 N–H and O–H groups in total. The Morgan fingerprint density at radius 1 is 1.12 bits per heavy atom. The van der Waals surface area contributed by atoms with Crippen molar-refractivity contribution in [1.82, 2.24) is 14.9 Å². The molecule has 0 aliphatic rings. The summed E-state index contributed by atoms with van der Waals surface area (Å²) < 4.78 is 5.57. The minimum Gasteiger partial charge on any atom is -0.494 e. The first-order valence-electron chi connectivity index (χ1n) is 10.5. The molecule has 0 aliphatic carbocycles. The first kappa shape index (κ1) is 22.4. The monoisotopic (exact) mass is 462 g/mol. The second-order valence-corrected chi connectivity index (χ2v) is 7.84. The number of aromatic amines is 1. The minimum atomic E-state index is -0.380. The van der Waals surface area contributed by atoms with Crippen LogP contribution in [0.15, 0.2) is 77.9 Å². The van der Waals surface area contributed by atoms with Crippen LogP contribution in [-0.4, -0.2) is 27.5 Å². The van der Waals surface area contributed by atoms with Gasteiger partial charge in [-0.25, -0.2) is 4.79 Å². The fourth-order valence-corrected chi connectivity index (χ4v) is 3.66. The van der Waals surface area contributed by atoms with Crippen molar-refractivity contribution in [1.29, 1.82) is 0 Å². The van der Waals surface area contributed by atoms with Gasteiger partial charge in [0.25, 0.3) is 5.56 Å². The van der Waals surface area contributed by atoms with E-state index < -0.39 is 0 Å². The summed E-state index contributed by atoms with van der Waals surface area (Å²) in [7, 11) is 0. The van der Waals surface area contributed by atoms with Gasteiger partial charge in [-0.15, -0.1) is 0 Å². The van der Waals surface area contributed by atoms with Crippen LogP contribution in [-0.2, 0) is 13.1 Å². The van der Waals surface area contributed by atoms with Gasteiger partial charge in [-0.1, -0.05) is 29.8 Å². The van der Waals surface area contributed by atoms with Crippen molar-refractivity contribution < 1.29 is 9.53 Å². The first-order valence-corrected chi connectivity index (χ1v) is 10.9. The number of ether oxygens (including phenoxy) is 1. The molecule has 0 bridgehead atoms. The van der Waals surface area contributed by atoms with E-state index >= 15 is 0 Å². The van der Waals surface area contributed by atoms with Crippen LogP contribution >= 0.6 is 11.6 Å². The van der Waals surface area contributed by atoms with Gasteiger partial charge in [0, 0.05) is 35.4 Å². The fourth-order valence-electron chi connectivity index (χ4n) is 3.48. The molecule has 0 unspecified atom stereocenters. The molecule has 4 rings (SSSR count). The topological polar surface area (TPSA) is 87.3 Å². The minimum absolute atomic E-state index is 0.0926. The van der Waals surface area contributed by atoms with Crippen molar-refractivity contribution in [2.45, 2.75) is 20.0 Å². The SMILES string of the molecule is CCOc1ccc2[nH]c(=O)c(CN(Cc3cccnc3)C(=O)Nc3ccccc3Cl)cc2c1. The van der Waals surface area contributed by atoms with Crippen molar-refractivity contribution in [2.75, 3.05) is 11.9 Å². The lowest BCUT2D eigenvalue weighted by Crippen LogP contribution is -2.35. The molecule has 0 atom stereocenters. The van der Waals surface area contributed by atoms with Gasteiger partial charge in [-0.3, -0.25) is 9.78 Å². The normalized spacial score (nSPS) is 10.7. The van der Waals surface area contributed by atoms with Gasteiger partial charge in [-0.05, 0) is 55.0 Å². The molecule has 0 aliphatic heterocycles. The van der Waals surface area contributed by atoms with Crippen LogP contribution in [0.3, 0.4) is 0 Å². The number of rotatable bonds is 7. The number of fused-ring (bicyclic) bond motifs is 1. The third-order valence-electron chi connectivity index (χ3n) is 5.06. The number of carbonyl (C=O) groups excluding carboxylic acids is 1. The smallest absolute Gasteiger partial charge is 0.322 e. The lowest BCUT2D eigenvalue weighted by atomic mass is 10.1. The Kier molecular flexibility index (Phi) is 6.90. The molecule has 4 aromatic rings. The molecule has 33 heavy (non-hydrogen) atoms. The van der Waals surface area contributed by atoms with Gasteiger partial charge in [-0.2, -0.15) is 0 Å². The van der Waals surface area contributed by atoms with Crippen molar-refractivity contribution in [3.05, 3.63) is 99.6 Å². The second-order valence-electron chi connectivity index (χ2n) is 7.43. The lowest BCUT2D eigenvalue weighted by Gasteiger charge is -2.23. The van der Waals surface area contributed by atoms with Gasteiger partial charge in [0.1, 0.15) is 5.75 Å². The van der Waals surface area contributed by atoms with E-state index in [1.807, 2.05) is 31.2 Å². The highest BCUT2D eigenvalue weighted by molar-refractivity contribution is 6.33. The number of benzene rings is 2. The average molecular weight is 463 g/mol. The van der Waals surface area contributed by atoms with E-state index in [1.54, 1.807) is 53.7 Å². The maximum atomic E-state index is 13.2. The zero-order valence-corrected chi connectivity index (χ0v) is 18.8. The Balaban J connectivity index is 1.66.